The Bertz CT molecular complexity index is 464. The third-order valence-electron chi connectivity index (χ3n) is 3.89. The lowest BCUT2D eigenvalue weighted by Gasteiger charge is -2.08. The molecule has 0 fully saturated rings. The Balaban J connectivity index is 3.05. The van der Waals surface area contributed by atoms with Crippen molar-refractivity contribution in [3.05, 3.63) is 0 Å². The smallest absolute Gasteiger partial charge is 0.308 e. The zero-order valence-corrected chi connectivity index (χ0v) is 21.3. The molecule has 0 aliphatic rings. The second-order valence-corrected chi connectivity index (χ2v) is 6.79. The standard InChI is InChI=1S/C23H44O12/c1-3-34-23(25)4-5-26-6-7-27-8-9-28-10-11-29-12-13-30-14-15-31-16-17-32-18-19-33-20-21-35-22(2)24/h3-21H2,1-2H3. The van der Waals surface area contributed by atoms with Gasteiger partial charge in [-0.15, -0.1) is 0 Å². The maximum Gasteiger partial charge on any atom is 0.308 e. The van der Waals surface area contributed by atoms with Crippen molar-refractivity contribution < 1.29 is 57.0 Å². The van der Waals surface area contributed by atoms with E-state index in [9.17, 15) is 9.59 Å². The van der Waals surface area contributed by atoms with Gasteiger partial charge in [-0.2, -0.15) is 0 Å². The monoisotopic (exact) mass is 512 g/mol. The number of ether oxygens (including phenoxy) is 10. The summed E-state index contributed by atoms with van der Waals surface area (Å²) in [6.45, 7) is 11.1. The van der Waals surface area contributed by atoms with Gasteiger partial charge in [-0.1, -0.05) is 0 Å². The quantitative estimate of drug-likeness (QED) is 0.108. The minimum atomic E-state index is -0.313. The van der Waals surface area contributed by atoms with E-state index in [1.54, 1.807) is 6.92 Å². The molecule has 0 heterocycles. The normalized spacial score (nSPS) is 11.0. The number of rotatable bonds is 28. The lowest BCUT2D eigenvalue weighted by molar-refractivity contribution is -0.144. The number of carbonyl (C=O) groups excluding carboxylic acids is 2. The van der Waals surface area contributed by atoms with Crippen molar-refractivity contribution in [1.82, 2.24) is 0 Å². The Morgan fingerprint density at radius 3 is 1.00 bits per heavy atom. The summed E-state index contributed by atoms with van der Waals surface area (Å²) >= 11 is 0. The van der Waals surface area contributed by atoms with Crippen molar-refractivity contribution in [3.63, 3.8) is 0 Å². The van der Waals surface area contributed by atoms with Crippen LogP contribution in [0.5, 0.6) is 0 Å². The van der Waals surface area contributed by atoms with Gasteiger partial charge in [0.1, 0.15) is 6.61 Å². The van der Waals surface area contributed by atoms with E-state index in [0.717, 1.165) is 0 Å². The molecule has 0 bridgehead atoms. The summed E-state index contributed by atoms with van der Waals surface area (Å²) in [4.78, 5) is 21.7. The first-order chi connectivity index (χ1) is 17.2. The molecule has 0 saturated carbocycles. The summed E-state index contributed by atoms with van der Waals surface area (Å²) < 4.78 is 52.4. The molecule has 0 rings (SSSR count). The Hall–Kier alpha value is -1.38. The molecule has 0 spiro atoms. The Kier molecular flexibility index (Phi) is 27.7. The van der Waals surface area contributed by atoms with Gasteiger partial charge in [0, 0.05) is 6.92 Å². The fraction of sp³-hybridized carbons (Fsp3) is 0.913. The summed E-state index contributed by atoms with van der Waals surface area (Å²) in [5, 5.41) is 0. The van der Waals surface area contributed by atoms with E-state index >= 15 is 0 Å². The first-order valence-electron chi connectivity index (χ1n) is 12.1. The molecule has 0 unspecified atom stereocenters. The van der Waals surface area contributed by atoms with Crippen LogP contribution in [0.4, 0.5) is 0 Å². The zero-order valence-electron chi connectivity index (χ0n) is 21.3. The zero-order chi connectivity index (χ0) is 25.7. The van der Waals surface area contributed by atoms with Crippen LogP contribution in [-0.4, -0.2) is 131 Å². The molecular weight excluding hydrogens is 468 g/mol. The van der Waals surface area contributed by atoms with Crippen LogP contribution in [-0.2, 0) is 57.0 Å². The predicted octanol–water partition coefficient (Wildman–Crippen LogP) is 0.636. The fourth-order valence-electron chi connectivity index (χ4n) is 2.27. The van der Waals surface area contributed by atoms with Gasteiger partial charge in [-0.25, -0.2) is 0 Å². The van der Waals surface area contributed by atoms with Crippen molar-refractivity contribution in [3.8, 4) is 0 Å². The number of hydrogen-bond donors (Lipinski definition) is 0. The number of hydrogen-bond acceptors (Lipinski definition) is 12. The molecule has 0 aliphatic carbocycles. The summed E-state index contributed by atoms with van der Waals surface area (Å²) in [5.41, 5.74) is 0. The second kappa shape index (κ2) is 28.9. The molecule has 0 saturated heterocycles. The van der Waals surface area contributed by atoms with Crippen LogP contribution in [0, 0.1) is 0 Å². The number of carbonyl (C=O) groups is 2. The molecule has 0 aromatic heterocycles. The molecule has 0 radical (unpaired) electrons. The van der Waals surface area contributed by atoms with E-state index in [-0.39, 0.29) is 25.0 Å². The van der Waals surface area contributed by atoms with Crippen LogP contribution in [0.3, 0.4) is 0 Å². The van der Waals surface area contributed by atoms with Crippen molar-refractivity contribution in [2.45, 2.75) is 20.3 Å². The van der Waals surface area contributed by atoms with Crippen LogP contribution in [0.2, 0.25) is 0 Å². The average molecular weight is 513 g/mol. The Morgan fingerprint density at radius 1 is 0.429 bits per heavy atom. The summed E-state index contributed by atoms with van der Waals surface area (Å²) in [5.74, 6) is -0.566. The molecule has 0 atom stereocenters. The highest BCUT2D eigenvalue weighted by atomic mass is 16.6. The Morgan fingerprint density at radius 2 is 0.714 bits per heavy atom. The molecule has 0 amide bonds. The molecular formula is C23H44O12. The van der Waals surface area contributed by atoms with E-state index in [2.05, 4.69) is 0 Å². The first kappa shape index (κ1) is 33.6. The second-order valence-electron chi connectivity index (χ2n) is 6.79. The van der Waals surface area contributed by atoms with Gasteiger partial charge < -0.3 is 47.4 Å². The maximum absolute atomic E-state index is 11.1. The number of esters is 2. The third-order valence-corrected chi connectivity index (χ3v) is 3.89. The van der Waals surface area contributed by atoms with Crippen LogP contribution in [0.1, 0.15) is 20.3 Å². The van der Waals surface area contributed by atoms with Gasteiger partial charge in [0.2, 0.25) is 0 Å². The molecule has 208 valence electrons. The van der Waals surface area contributed by atoms with Crippen molar-refractivity contribution in [2.24, 2.45) is 0 Å². The lowest BCUT2D eigenvalue weighted by Crippen LogP contribution is -2.15. The average Bonchev–Trinajstić information content (AvgIpc) is 2.83. The SMILES string of the molecule is CCOC(=O)CCOCCOCCOCCOCCOCCOCCOCCOCCOC(C)=O. The first-order valence-corrected chi connectivity index (χ1v) is 12.1. The molecule has 0 aromatic rings. The topological polar surface area (TPSA) is 126 Å². The van der Waals surface area contributed by atoms with Gasteiger partial charge in [0.05, 0.1) is 119 Å². The van der Waals surface area contributed by atoms with Crippen molar-refractivity contribution in [1.29, 1.82) is 0 Å². The predicted molar refractivity (Wildman–Crippen MR) is 124 cm³/mol. The van der Waals surface area contributed by atoms with E-state index < -0.39 is 0 Å². The van der Waals surface area contributed by atoms with Gasteiger partial charge in [-0.05, 0) is 6.92 Å². The van der Waals surface area contributed by atoms with E-state index in [1.807, 2.05) is 0 Å². The van der Waals surface area contributed by atoms with E-state index in [4.69, 9.17) is 47.4 Å². The molecule has 0 aromatic carbocycles. The minimum absolute atomic E-state index is 0.253. The van der Waals surface area contributed by atoms with E-state index in [1.165, 1.54) is 6.92 Å². The van der Waals surface area contributed by atoms with E-state index in [0.29, 0.717) is 112 Å². The summed E-state index contributed by atoms with van der Waals surface area (Å²) in [7, 11) is 0. The largest absolute Gasteiger partial charge is 0.466 e. The highest BCUT2D eigenvalue weighted by molar-refractivity contribution is 5.69. The third kappa shape index (κ3) is 30.6. The Labute approximate surface area is 208 Å². The van der Waals surface area contributed by atoms with Crippen LogP contribution in [0.25, 0.3) is 0 Å². The fourth-order valence-corrected chi connectivity index (χ4v) is 2.27. The molecule has 12 nitrogen and oxygen atoms in total. The van der Waals surface area contributed by atoms with Crippen LogP contribution in [0.15, 0.2) is 0 Å². The lowest BCUT2D eigenvalue weighted by atomic mass is 10.5. The van der Waals surface area contributed by atoms with Gasteiger partial charge in [0.25, 0.3) is 0 Å². The molecule has 35 heavy (non-hydrogen) atoms. The van der Waals surface area contributed by atoms with Crippen molar-refractivity contribution in [2.75, 3.05) is 119 Å². The maximum atomic E-state index is 11.1. The van der Waals surface area contributed by atoms with Gasteiger partial charge >= 0.3 is 11.9 Å². The molecule has 12 heteroatoms. The highest BCUT2D eigenvalue weighted by Crippen LogP contribution is 1.89. The minimum Gasteiger partial charge on any atom is -0.466 e. The molecule has 0 aliphatic heterocycles. The molecule has 0 N–H and O–H groups in total. The van der Waals surface area contributed by atoms with Gasteiger partial charge in [0.15, 0.2) is 0 Å². The van der Waals surface area contributed by atoms with Crippen molar-refractivity contribution >= 4 is 11.9 Å². The highest BCUT2D eigenvalue weighted by Gasteiger charge is 2.00. The van der Waals surface area contributed by atoms with Crippen LogP contribution < -0.4 is 0 Å². The van der Waals surface area contributed by atoms with Gasteiger partial charge in [-0.3, -0.25) is 9.59 Å². The van der Waals surface area contributed by atoms with Crippen LogP contribution >= 0.6 is 0 Å². The summed E-state index contributed by atoms with van der Waals surface area (Å²) in [6.07, 6.45) is 0.255. The summed E-state index contributed by atoms with van der Waals surface area (Å²) in [6, 6.07) is 0.